The summed E-state index contributed by atoms with van der Waals surface area (Å²) in [5, 5.41) is 2.04. The third-order valence-electron chi connectivity index (χ3n) is 2.74. The van der Waals surface area contributed by atoms with Gasteiger partial charge in [-0.3, -0.25) is 4.84 Å². The minimum atomic E-state index is 0. The fourth-order valence-electron chi connectivity index (χ4n) is 1.90. The van der Waals surface area contributed by atoms with Crippen LogP contribution in [-0.4, -0.2) is 24.8 Å². The van der Waals surface area contributed by atoms with Crippen LogP contribution < -0.4 is 4.74 Å². The molecule has 2 rings (SSSR count). The smallest absolute Gasteiger partial charge is 0.124 e. The molecule has 17 heavy (non-hydrogen) atoms. The predicted octanol–water partition coefficient (Wildman–Crippen LogP) is 3.03. The predicted molar refractivity (Wildman–Crippen MR) is 70.5 cm³/mol. The molecule has 1 aliphatic heterocycles. The fourth-order valence-corrected chi connectivity index (χ4v) is 1.90. The maximum absolute atomic E-state index is 5.73. The van der Waals surface area contributed by atoms with Crippen molar-refractivity contribution in [2.24, 2.45) is 0 Å². The van der Waals surface area contributed by atoms with Gasteiger partial charge in [-0.15, -0.1) is 12.4 Å². The summed E-state index contributed by atoms with van der Waals surface area (Å²) in [5.74, 6) is 0.934. The van der Waals surface area contributed by atoms with E-state index in [-0.39, 0.29) is 12.4 Å². The van der Waals surface area contributed by atoms with Crippen LogP contribution in [0.15, 0.2) is 24.3 Å². The zero-order valence-electron chi connectivity index (χ0n) is 10.2. The molecule has 4 heteroatoms. The molecule has 0 unspecified atom stereocenters. The molecule has 1 aromatic rings. The van der Waals surface area contributed by atoms with Crippen molar-refractivity contribution in [2.75, 3.05) is 19.7 Å². The highest BCUT2D eigenvalue weighted by Crippen LogP contribution is 2.20. The van der Waals surface area contributed by atoms with Gasteiger partial charge in [-0.2, -0.15) is 5.06 Å². The molecule has 0 radical (unpaired) electrons. The zero-order valence-corrected chi connectivity index (χ0v) is 11.0. The molecule has 0 aromatic heterocycles. The van der Waals surface area contributed by atoms with Gasteiger partial charge in [0.05, 0.1) is 13.2 Å². The highest BCUT2D eigenvalue weighted by Gasteiger charge is 2.12. The molecule has 0 spiro atoms. The van der Waals surface area contributed by atoms with Crippen molar-refractivity contribution in [1.82, 2.24) is 5.06 Å². The van der Waals surface area contributed by atoms with E-state index in [1.165, 1.54) is 12.8 Å². The topological polar surface area (TPSA) is 21.7 Å². The Kier molecular flexibility index (Phi) is 6.34. The van der Waals surface area contributed by atoms with Crippen molar-refractivity contribution >= 4 is 12.4 Å². The van der Waals surface area contributed by atoms with Crippen LogP contribution >= 0.6 is 12.4 Å². The third-order valence-corrected chi connectivity index (χ3v) is 2.74. The Labute approximate surface area is 109 Å². The summed E-state index contributed by atoms with van der Waals surface area (Å²) < 4.78 is 5.55. The van der Waals surface area contributed by atoms with Crippen LogP contribution in [-0.2, 0) is 11.4 Å². The van der Waals surface area contributed by atoms with Gasteiger partial charge in [0, 0.05) is 18.7 Å². The molecule has 0 amide bonds. The highest BCUT2D eigenvalue weighted by molar-refractivity contribution is 5.85. The number of hydrogen-bond acceptors (Lipinski definition) is 3. The molecule has 1 fully saturated rings. The minimum absolute atomic E-state index is 0. The molecular weight excluding hydrogens is 238 g/mol. The molecule has 1 saturated heterocycles. The lowest BCUT2D eigenvalue weighted by Crippen LogP contribution is -2.19. The molecule has 1 heterocycles. The molecule has 3 nitrogen and oxygen atoms in total. The van der Waals surface area contributed by atoms with E-state index in [4.69, 9.17) is 9.57 Å². The number of hydrogen-bond donors (Lipinski definition) is 0. The molecule has 0 saturated carbocycles. The van der Waals surface area contributed by atoms with Crippen molar-refractivity contribution in [1.29, 1.82) is 0 Å². The first kappa shape index (κ1) is 14.3. The van der Waals surface area contributed by atoms with Crippen molar-refractivity contribution in [3.8, 4) is 5.75 Å². The molecule has 96 valence electrons. The Morgan fingerprint density at radius 2 is 1.88 bits per heavy atom. The average molecular weight is 258 g/mol. The second-order valence-electron chi connectivity index (χ2n) is 3.95. The summed E-state index contributed by atoms with van der Waals surface area (Å²) in [6, 6.07) is 8.06. The normalized spacial score (nSPS) is 15.6. The maximum atomic E-state index is 5.73. The average Bonchev–Trinajstić information content (AvgIpc) is 2.81. The monoisotopic (exact) mass is 257 g/mol. The molecular formula is C13H20ClNO2. The maximum Gasteiger partial charge on any atom is 0.124 e. The summed E-state index contributed by atoms with van der Waals surface area (Å²) in [4.78, 5) is 5.73. The van der Waals surface area contributed by atoms with Gasteiger partial charge in [0.15, 0.2) is 0 Å². The van der Waals surface area contributed by atoms with Crippen molar-refractivity contribution < 1.29 is 9.57 Å². The van der Waals surface area contributed by atoms with Gasteiger partial charge in [-0.05, 0) is 25.8 Å². The van der Waals surface area contributed by atoms with Crippen LogP contribution in [0.25, 0.3) is 0 Å². The van der Waals surface area contributed by atoms with Crippen LogP contribution in [0.5, 0.6) is 5.75 Å². The Morgan fingerprint density at radius 1 is 1.18 bits per heavy atom. The van der Waals surface area contributed by atoms with E-state index in [0.717, 1.165) is 24.4 Å². The Morgan fingerprint density at radius 3 is 2.59 bits per heavy atom. The van der Waals surface area contributed by atoms with Crippen molar-refractivity contribution in [3.63, 3.8) is 0 Å². The lowest BCUT2D eigenvalue weighted by Gasteiger charge is -2.16. The standard InChI is InChI=1S/C13H19NO2.ClH/c1-2-15-13-8-4-3-7-12(13)11-16-14-9-5-6-10-14;/h3-4,7-8H,2,5-6,9-11H2,1H3;1H. The number of rotatable bonds is 5. The van der Waals surface area contributed by atoms with E-state index in [2.05, 4.69) is 6.07 Å². The molecule has 0 bridgehead atoms. The molecule has 0 aliphatic carbocycles. The van der Waals surface area contributed by atoms with E-state index < -0.39 is 0 Å². The highest BCUT2D eigenvalue weighted by atomic mass is 35.5. The summed E-state index contributed by atoms with van der Waals surface area (Å²) in [6.45, 7) is 5.41. The first-order valence-electron chi connectivity index (χ1n) is 5.98. The minimum Gasteiger partial charge on any atom is -0.494 e. The van der Waals surface area contributed by atoms with Crippen LogP contribution in [0.1, 0.15) is 25.3 Å². The van der Waals surface area contributed by atoms with Gasteiger partial charge in [0.2, 0.25) is 0 Å². The van der Waals surface area contributed by atoms with Gasteiger partial charge in [0.25, 0.3) is 0 Å². The first-order valence-corrected chi connectivity index (χ1v) is 5.98. The first-order chi connectivity index (χ1) is 7.90. The Bertz CT molecular complexity index is 327. The zero-order chi connectivity index (χ0) is 11.2. The number of para-hydroxylation sites is 1. The molecule has 1 aliphatic rings. The lowest BCUT2D eigenvalue weighted by molar-refractivity contribution is -0.153. The number of nitrogens with zero attached hydrogens (tertiary/aromatic N) is 1. The largest absolute Gasteiger partial charge is 0.494 e. The van der Waals surface area contributed by atoms with Crippen LogP contribution in [0, 0.1) is 0 Å². The Balaban J connectivity index is 0.00000144. The summed E-state index contributed by atoms with van der Waals surface area (Å²) in [6.07, 6.45) is 2.49. The number of halogens is 1. The van der Waals surface area contributed by atoms with Gasteiger partial charge in [-0.1, -0.05) is 18.2 Å². The lowest BCUT2D eigenvalue weighted by atomic mass is 10.2. The summed E-state index contributed by atoms with van der Waals surface area (Å²) in [5.41, 5.74) is 1.12. The van der Waals surface area contributed by atoms with Crippen LogP contribution in [0.2, 0.25) is 0 Å². The summed E-state index contributed by atoms with van der Waals surface area (Å²) >= 11 is 0. The second kappa shape index (κ2) is 7.54. The number of hydroxylamine groups is 2. The Hall–Kier alpha value is -0.770. The van der Waals surface area contributed by atoms with E-state index in [1.54, 1.807) is 0 Å². The van der Waals surface area contributed by atoms with Gasteiger partial charge >= 0.3 is 0 Å². The number of ether oxygens (including phenoxy) is 1. The third kappa shape index (κ3) is 4.19. The molecule has 1 aromatic carbocycles. The van der Waals surface area contributed by atoms with Crippen molar-refractivity contribution in [3.05, 3.63) is 29.8 Å². The van der Waals surface area contributed by atoms with Crippen LogP contribution in [0.3, 0.4) is 0 Å². The fraction of sp³-hybridized carbons (Fsp3) is 0.538. The van der Waals surface area contributed by atoms with Crippen molar-refractivity contribution in [2.45, 2.75) is 26.4 Å². The van der Waals surface area contributed by atoms with Gasteiger partial charge in [-0.25, -0.2) is 0 Å². The van der Waals surface area contributed by atoms with E-state index >= 15 is 0 Å². The summed E-state index contributed by atoms with van der Waals surface area (Å²) in [7, 11) is 0. The molecule has 0 N–H and O–H groups in total. The molecule has 0 atom stereocenters. The van der Waals surface area contributed by atoms with E-state index in [0.29, 0.717) is 13.2 Å². The number of benzene rings is 1. The quantitative estimate of drug-likeness (QED) is 0.809. The SMILES string of the molecule is CCOc1ccccc1CON1CCCC1.Cl. The van der Waals surface area contributed by atoms with E-state index in [1.807, 2.05) is 30.2 Å². The van der Waals surface area contributed by atoms with Gasteiger partial charge < -0.3 is 4.74 Å². The van der Waals surface area contributed by atoms with Crippen LogP contribution in [0.4, 0.5) is 0 Å². The van der Waals surface area contributed by atoms with Gasteiger partial charge in [0.1, 0.15) is 5.75 Å². The second-order valence-corrected chi connectivity index (χ2v) is 3.95. The van der Waals surface area contributed by atoms with E-state index in [9.17, 15) is 0 Å².